The number of amides is 3. The largest absolute Gasteiger partial charge is 0.361 e. The predicted molar refractivity (Wildman–Crippen MR) is 95.9 cm³/mol. The minimum atomic E-state index is -0.641. The summed E-state index contributed by atoms with van der Waals surface area (Å²) >= 11 is 0. The maximum Gasteiger partial charge on any atom is 0.242 e. The third-order valence-corrected chi connectivity index (χ3v) is 3.82. The number of H-pyrrole nitrogens is 1. The van der Waals surface area contributed by atoms with Crippen LogP contribution in [0.15, 0.2) is 30.5 Å². The van der Waals surface area contributed by atoms with E-state index in [2.05, 4.69) is 20.9 Å². The van der Waals surface area contributed by atoms with Crippen LogP contribution in [-0.2, 0) is 20.8 Å². The number of carbonyl (C=O) groups excluding carboxylic acids is 3. The van der Waals surface area contributed by atoms with Gasteiger partial charge in [-0.05, 0) is 18.1 Å². The molecule has 7 nitrogen and oxygen atoms in total. The van der Waals surface area contributed by atoms with E-state index in [1.165, 1.54) is 13.8 Å². The Balaban J connectivity index is 1.97. The Morgan fingerprint density at radius 1 is 1.04 bits per heavy atom. The number of para-hydroxylation sites is 1. The van der Waals surface area contributed by atoms with Crippen molar-refractivity contribution in [2.45, 2.75) is 32.7 Å². The zero-order valence-corrected chi connectivity index (χ0v) is 14.5. The van der Waals surface area contributed by atoms with E-state index in [0.29, 0.717) is 25.9 Å². The molecular formula is C18H24N4O3. The normalized spacial score (nSPS) is 11.8. The molecular weight excluding hydrogens is 320 g/mol. The van der Waals surface area contributed by atoms with Crippen LogP contribution in [0.25, 0.3) is 10.9 Å². The molecule has 25 heavy (non-hydrogen) atoms. The molecule has 0 saturated carbocycles. The number of aromatic nitrogens is 1. The molecule has 0 aliphatic rings. The maximum atomic E-state index is 12.4. The molecule has 4 N–H and O–H groups in total. The second-order valence-corrected chi connectivity index (χ2v) is 5.94. The summed E-state index contributed by atoms with van der Waals surface area (Å²) in [7, 11) is 0. The fourth-order valence-electron chi connectivity index (χ4n) is 2.66. The summed E-state index contributed by atoms with van der Waals surface area (Å²) in [6, 6.07) is 7.19. The van der Waals surface area contributed by atoms with Gasteiger partial charge in [-0.15, -0.1) is 0 Å². The first-order valence-electron chi connectivity index (χ1n) is 8.31. The molecule has 0 saturated heterocycles. The van der Waals surface area contributed by atoms with Crippen molar-refractivity contribution >= 4 is 28.6 Å². The van der Waals surface area contributed by atoms with E-state index in [9.17, 15) is 14.4 Å². The molecule has 1 atom stereocenters. The average Bonchev–Trinajstić information content (AvgIpc) is 2.96. The van der Waals surface area contributed by atoms with E-state index in [0.717, 1.165) is 16.5 Å². The molecule has 1 unspecified atom stereocenters. The van der Waals surface area contributed by atoms with Gasteiger partial charge in [0.15, 0.2) is 0 Å². The summed E-state index contributed by atoms with van der Waals surface area (Å²) in [5, 5.41) is 9.23. The van der Waals surface area contributed by atoms with Gasteiger partial charge < -0.3 is 20.9 Å². The van der Waals surface area contributed by atoms with Gasteiger partial charge in [0.2, 0.25) is 17.7 Å². The molecule has 3 amide bonds. The predicted octanol–water partition coefficient (Wildman–Crippen LogP) is 0.857. The molecule has 0 aliphatic carbocycles. The van der Waals surface area contributed by atoms with Crippen LogP contribution in [0.5, 0.6) is 0 Å². The average molecular weight is 344 g/mol. The van der Waals surface area contributed by atoms with E-state index in [4.69, 9.17) is 0 Å². The molecule has 0 radical (unpaired) electrons. The number of fused-ring (bicyclic) bond motifs is 1. The number of aromatic amines is 1. The number of benzene rings is 1. The highest BCUT2D eigenvalue weighted by Crippen LogP contribution is 2.19. The van der Waals surface area contributed by atoms with Crippen LogP contribution < -0.4 is 16.0 Å². The highest BCUT2D eigenvalue weighted by atomic mass is 16.2. The first-order valence-corrected chi connectivity index (χ1v) is 8.31. The van der Waals surface area contributed by atoms with Crippen molar-refractivity contribution in [2.75, 3.05) is 13.1 Å². The van der Waals surface area contributed by atoms with Crippen molar-refractivity contribution in [3.05, 3.63) is 36.0 Å². The summed E-state index contributed by atoms with van der Waals surface area (Å²) in [4.78, 5) is 37.8. The summed E-state index contributed by atoms with van der Waals surface area (Å²) in [6.07, 6.45) is 2.90. The van der Waals surface area contributed by atoms with Crippen molar-refractivity contribution in [1.29, 1.82) is 0 Å². The third-order valence-electron chi connectivity index (χ3n) is 3.82. The van der Waals surface area contributed by atoms with Gasteiger partial charge in [0.05, 0.1) is 0 Å². The topological polar surface area (TPSA) is 103 Å². The van der Waals surface area contributed by atoms with Crippen molar-refractivity contribution in [3.63, 3.8) is 0 Å². The van der Waals surface area contributed by atoms with E-state index in [-0.39, 0.29) is 17.7 Å². The molecule has 1 heterocycles. The van der Waals surface area contributed by atoms with Gasteiger partial charge in [0.1, 0.15) is 6.04 Å². The third kappa shape index (κ3) is 5.63. The van der Waals surface area contributed by atoms with Crippen molar-refractivity contribution in [1.82, 2.24) is 20.9 Å². The lowest BCUT2D eigenvalue weighted by Crippen LogP contribution is -2.47. The van der Waals surface area contributed by atoms with E-state index < -0.39 is 6.04 Å². The lowest BCUT2D eigenvalue weighted by molar-refractivity contribution is -0.128. The van der Waals surface area contributed by atoms with Crippen LogP contribution in [0.2, 0.25) is 0 Å². The summed E-state index contributed by atoms with van der Waals surface area (Å²) < 4.78 is 0. The molecule has 0 bridgehead atoms. The lowest BCUT2D eigenvalue weighted by atomic mass is 10.0. The van der Waals surface area contributed by atoms with Crippen LogP contribution in [0.3, 0.4) is 0 Å². The van der Waals surface area contributed by atoms with Crippen LogP contribution in [0.4, 0.5) is 0 Å². The fraction of sp³-hybridized carbons (Fsp3) is 0.389. The van der Waals surface area contributed by atoms with Gasteiger partial charge >= 0.3 is 0 Å². The minimum absolute atomic E-state index is 0.0956. The first-order chi connectivity index (χ1) is 12.0. The number of carbonyl (C=O) groups is 3. The Bertz CT molecular complexity index is 754. The minimum Gasteiger partial charge on any atom is -0.361 e. The lowest BCUT2D eigenvalue weighted by Gasteiger charge is -2.17. The quantitative estimate of drug-likeness (QED) is 0.534. The number of nitrogens with one attached hydrogen (secondary N) is 4. The maximum absolute atomic E-state index is 12.4. The van der Waals surface area contributed by atoms with Crippen molar-refractivity contribution < 1.29 is 14.4 Å². The molecule has 2 rings (SSSR count). The Labute approximate surface area is 146 Å². The summed E-state index contributed by atoms with van der Waals surface area (Å²) in [5.74, 6) is -0.580. The molecule has 1 aromatic carbocycles. The highest BCUT2D eigenvalue weighted by Gasteiger charge is 2.21. The van der Waals surface area contributed by atoms with Crippen LogP contribution in [0.1, 0.15) is 25.8 Å². The number of hydrogen-bond donors (Lipinski definition) is 4. The number of rotatable bonds is 8. The molecule has 2 aromatic rings. The standard InChI is InChI=1S/C18H24N4O3/c1-12(23)19-8-5-9-20-18(25)17(22-13(2)24)10-14-11-21-16-7-4-3-6-15(14)16/h3-4,6-7,11,17,21H,5,8-10H2,1-2H3,(H,19,23)(H,20,25)(H,22,24). The smallest absolute Gasteiger partial charge is 0.242 e. The SMILES string of the molecule is CC(=O)NCCCNC(=O)C(Cc1c[nH]c2ccccc12)NC(C)=O. The van der Waals surface area contributed by atoms with Gasteiger partial charge in [-0.2, -0.15) is 0 Å². The molecule has 0 fully saturated rings. The van der Waals surface area contributed by atoms with Gasteiger partial charge in [-0.1, -0.05) is 18.2 Å². The first kappa shape index (κ1) is 18.5. The molecule has 0 spiro atoms. The zero-order valence-electron chi connectivity index (χ0n) is 14.5. The van der Waals surface area contributed by atoms with Gasteiger partial charge in [-0.25, -0.2) is 0 Å². The number of hydrogen-bond acceptors (Lipinski definition) is 3. The Kier molecular flexibility index (Phi) is 6.56. The van der Waals surface area contributed by atoms with Gasteiger partial charge in [0.25, 0.3) is 0 Å². The Morgan fingerprint density at radius 2 is 1.76 bits per heavy atom. The van der Waals surface area contributed by atoms with Crippen LogP contribution in [0, 0.1) is 0 Å². The van der Waals surface area contributed by atoms with Gasteiger partial charge in [-0.3, -0.25) is 14.4 Å². The molecule has 1 aromatic heterocycles. The van der Waals surface area contributed by atoms with Crippen LogP contribution >= 0.6 is 0 Å². The van der Waals surface area contributed by atoms with E-state index >= 15 is 0 Å². The highest BCUT2D eigenvalue weighted by molar-refractivity contribution is 5.89. The monoisotopic (exact) mass is 344 g/mol. The second-order valence-electron chi connectivity index (χ2n) is 5.94. The Hall–Kier alpha value is -2.83. The van der Waals surface area contributed by atoms with Crippen molar-refractivity contribution in [3.8, 4) is 0 Å². The van der Waals surface area contributed by atoms with Crippen molar-refractivity contribution in [2.24, 2.45) is 0 Å². The summed E-state index contributed by atoms with van der Waals surface area (Å²) in [5.41, 5.74) is 1.97. The molecule has 0 aliphatic heterocycles. The Morgan fingerprint density at radius 3 is 2.48 bits per heavy atom. The van der Waals surface area contributed by atoms with E-state index in [1.807, 2.05) is 30.5 Å². The molecule has 7 heteroatoms. The molecule has 134 valence electrons. The van der Waals surface area contributed by atoms with E-state index in [1.54, 1.807) is 0 Å². The fourth-order valence-corrected chi connectivity index (χ4v) is 2.66. The summed E-state index contributed by atoms with van der Waals surface area (Å²) in [6.45, 7) is 3.78. The zero-order chi connectivity index (χ0) is 18.2. The van der Waals surface area contributed by atoms with Crippen LogP contribution in [-0.4, -0.2) is 41.8 Å². The van der Waals surface area contributed by atoms with Gasteiger partial charge in [0, 0.05) is 50.5 Å². The second kappa shape index (κ2) is 8.86.